The van der Waals surface area contributed by atoms with E-state index in [1.807, 2.05) is 42.5 Å². The van der Waals surface area contributed by atoms with Crippen LogP contribution in [0.2, 0.25) is 5.02 Å². The van der Waals surface area contributed by atoms with E-state index < -0.39 is 17.9 Å². The Morgan fingerprint density at radius 3 is 2.62 bits per heavy atom. The van der Waals surface area contributed by atoms with Crippen LogP contribution in [0.1, 0.15) is 15.9 Å². The molecule has 1 fully saturated rings. The van der Waals surface area contributed by atoms with Gasteiger partial charge in [-0.1, -0.05) is 59.3 Å². The normalized spacial score (nSPS) is 20.5. The molecule has 7 nitrogen and oxygen atoms in total. The Balaban J connectivity index is 1.37. The molecule has 2 atom stereocenters. The number of hydrogen-bond acceptors (Lipinski definition) is 6. The number of fused-ring (bicyclic) bond motifs is 1. The summed E-state index contributed by atoms with van der Waals surface area (Å²) in [6.07, 6.45) is -0.437. The largest absolute Gasteiger partial charge is 0.459 e. The van der Waals surface area contributed by atoms with Gasteiger partial charge in [-0.15, -0.1) is 5.10 Å². The van der Waals surface area contributed by atoms with Gasteiger partial charge in [0.15, 0.2) is 0 Å². The number of carbonyl (C=O) groups is 1. The summed E-state index contributed by atoms with van der Waals surface area (Å²) >= 11 is 6.09. The topological polar surface area (TPSA) is 75.5 Å². The Bertz CT molecular complexity index is 1230. The van der Waals surface area contributed by atoms with Crippen molar-refractivity contribution in [2.75, 3.05) is 13.2 Å². The highest BCUT2D eigenvalue weighted by atomic mass is 35.5. The van der Waals surface area contributed by atoms with E-state index in [9.17, 15) is 4.79 Å². The van der Waals surface area contributed by atoms with Gasteiger partial charge in [0, 0.05) is 10.6 Å². The molecule has 3 aromatic carbocycles. The summed E-state index contributed by atoms with van der Waals surface area (Å²) in [4.78, 5) is 12.3. The molecule has 5 rings (SSSR count). The van der Waals surface area contributed by atoms with Gasteiger partial charge in [-0.25, -0.2) is 9.48 Å². The SMILES string of the molecule is O=C(OC[C@@H]1CO[C@](Cn2nnc3ccccc32)(c2ccc(Cl)cc2)O1)c1ccccc1. The molecule has 162 valence electrons. The number of carbonyl (C=O) groups excluding carboxylic acids is 1. The van der Waals surface area contributed by atoms with Crippen molar-refractivity contribution in [1.29, 1.82) is 0 Å². The Hall–Kier alpha value is -3.26. The molecule has 0 N–H and O–H groups in total. The standard InChI is InChI=1S/C24H20ClN3O4/c25-19-12-10-18(11-13-19)24(16-28-22-9-5-4-8-21(22)26-27-28)31-15-20(32-24)14-30-23(29)17-6-2-1-3-7-17/h1-13,20H,14-16H2/t20-,24+/m1/s1. The van der Waals surface area contributed by atoms with E-state index in [-0.39, 0.29) is 19.8 Å². The zero-order valence-corrected chi connectivity index (χ0v) is 17.8. The summed E-state index contributed by atoms with van der Waals surface area (Å²) in [6, 6.07) is 23.8. The van der Waals surface area contributed by atoms with Crippen molar-refractivity contribution in [3.8, 4) is 0 Å². The number of nitrogens with zero attached hydrogens (tertiary/aromatic N) is 3. The third kappa shape index (κ3) is 4.10. The third-order valence-corrected chi connectivity index (χ3v) is 5.58. The Labute approximate surface area is 189 Å². The van der Waals surface area contributed by atoms with Gasteiger partial charge in [0.05, 0.1) is 17.7 Å². The van der Waals surface area contributed by atoms with Crippen LogP contribution in [0.5, 0.6) is 0 Å². The Kier molecular flexibility index (Phi) is 5.61. The number of ether oxygens (including phenoxy) is 3. The number of para-hydroxylation sites is 1. The van der Waals surface area contributed by atoms with Gasteiger partial charge in [-0.3, -0.25) is 0 Å². The molecule has 1 aliphatic heterocycles. The van der Waals surface area contributed by atoms with Crippen LogP contribution in [0.3, 0.4) is 0 Å². The lowest BCUT2D eigenvalue weighted by molar-refractivity contribution is -0.191. The highest BCUT2D eigenvalue weighted by Gasteiger charge is 2.44. The van der Waals surface area contributed by atoms with Crippen LogP contribution in [-0.4, -0.2) is 40.3 Å². The maximum atomic E-state index is 12.3. The Morgan fingerprint density at radius 2 is 1.81 bits per heavy atom. The molecule has 1 saturated heterocycles. The molecular weight excluding hydrogens is 430 g/mol. The van der Waals surface area contributed by atoms with Crippen LogP contribution >= 0.6 is 11.6 Å². The lowest BCUT2D eigenvalue weighted by atomic mass is 10.1. The molecule has 0 aliphatic carbocycles. The molecule has 0 unspecified atom stereocenters. The molecule has 2 heterocycles. The summed E-state index contributed by atoms with van der Waals surface area (Å²) in [5, 5.41) is 9.12. The molecule has 1 aliphatic rings. The van der Waals surface area contributed by atoms with E-state index >= 15 is 0 Å². The summed E-state index contributed by atoms with van der Waals surface area (Å²) < 4.78 is 19.8. The molecule has 32 heavy (non-hydrogen) atoms. The number of hydrogen-bond donors (Lipinski definition) is 0. The molecular formula is C24H20ClN3O4. The van der Waals surface area contributed by atoms with Crippen molar-refractivity contribution < 1.29 is 19.0 Å². The maximum Gasteiger partial charge on any atom is 0.338 e. The highest BCUT2D eigenvalue weighted by molar-refractivity contribution is 6.30. The van der Waals surface area contributed by atoms with Gasteiger partial charge in [0.1, 0.15) is 24.8 Å². The predicted octanol–water partition coefficient (Wildman–Crippen LogP) is 4.21. The maximum absolute atomic E-state index is 12.3. The molecule has 0 saturated carbocycles. The van der Waals surface area contributed by atoms with E-state index in [1.165, 1.54) is 0 Å². The van der Waals surface area contributed by atoms with Gasteiger partial charge in [-0.2, -0.15) is 0 Å². The molecule has 0 spiro atoms. The fourth-order valence-electron chi connectivity index (χ4n) is 3.73. The smallest absolute Gasteiger partial charge is 0.338 e. The first-order chi connectivity index (χ1) is 15.6. The minimum Gasteiger partial charge on any atom is -0.459 e. The van der Waals surface area contributed by atoms with Crippen LogP contribution in [0, 0.1) is 0 Å². The molecule has 0 radical (unpaired) electrons. The van der Waals surface area contributed by atoms with Gasteiger partial charge >= 0.3 is 5.97 Å². The van der Waals surface area contributed by atoms with Gasteiger partial charge < -0.3 is 14.2 Å². The van der Waals surface area contributed by atoms with Crippen molar-refractivity contribution in [2.24, 2.45) is 0 Å². The monoisotopic (exact) mass is 449 g/mol. The zero-order chi connectivity index (χ0) is 22.0. The second-order valence-corrected chi connectivity index (χ2v) is 7.95. The lowest BCUT2D eigenvalue weighted by Crippen LogP contribution is -2.34. The van der Waals surface area contributed by atoms with E-state index in [4.69, 9.17) is 25.8 Å². The third-order valence-electron chi connectivity index (χ3n) is 5.33. The molecule has 0 bridgehead atoms. The summed E-state index contributed by atoms with van der Waals surface area (Å²) in [5.74, 6) is -1.52. The average molecular weight is 450 g/mol. The molecule has 8 heteroatoms. The van der Waals surface area contributed by atoms with Crippen LogP contribution in [0.4, 0.5) is 0 Å². The van der Waals surface area contributed by atoms with Crippen molar-refractivity contribution in [3.63, 3.8) is 0 Å². The van der Waals surface area contributed by atoms with Crippen LogP contribution in [0.15, 0.2) is 78.9 Å². The van der Waals surface area contributed by atoms with Crippen LogP contribution in [0.25, 0.3) is 11.0 Å². The van der Waals surface area contributed by atoms with E-state index in [1.54, 1.807) is 41.1 Å². The lowest BCUT2D eigenvalue weighted by Gasteiger charge is -2.28. The van der Waals surface area contributed by atoms with Gasteiger partial charge in [0.2, 0.25) is 5.79 Å². The minimum atomic E-state index is -1.12. The van der Waals surface area contributed by atoms with Gasteiger partial charge in [0.25, 0.3) is 0 Å². The van der Waals surface area contributed by atoms with Crippen molar-refractivity contribution in [3.05, 3.63) is 95.0 Å². The first-order valence-electron chi connectivity index (χ1n) is 10.2. The predicted molar refractivity (Wildman–Crippen MR) is 118 cm³/mol. The molecule has 0 amide bonds. The minimum absolute atomic E-state index is 0.0706. The number of esters is 1. The molecule has 4 aromatic rings. The number of halogens is 1. The van der Waals surface area contributed by atoms with Crippen LogP contribution < -0.4 is 0 Å². The fourth-order valence-corrected chi connectivity index (χ4v) is 3.86. The second-order valence-electron chi connectivity index (χ2n) is 7.51. The van der Waals surface area contributed by atoms with Crippen molar-refractivity contribution in [2.45, 2.75) is 18.4 Å². The van der Waals surface area contributed by atoms with Crippen LogP contribution in [-0.2, 0) is 26.5 Å². The second kappa shape index (κ2) is 8.70. The van der Waals surface area contributed by atoms with Gasteiger partial charge in [-0.05, 0) is 36.4 Å². The number of rotatable bonds is 6. The van der Waals surface area contributed by atoms with Crippen molar-refractivity contribution >= 4 is 28.6 Å². The zero-order valence-electron chi connectivity index (χ0n) is 17.1. The first kappa shape index (κ1) is 20.6. The first-order valence-corrected chi connectivity index (χ1v) is 10.6. The van der Waals surface area contributed by atoms with E-state index in [2.05, 4.69) is 10.3 Å². The summed E-state index contributed by atoms with van der Waals surface area (Å²) in [6.45, 7) is 0.608. The fraction of sp³-hybridized carbons (Fsp3) is 0.208. The summed E-state index contributed by atoms with van der Waals surface area (Å²) in [5.41, 5.74) is 2.93. The Morgan fingerprint density at radius 1 is 1.06 bits per heavy atom. The average Bonchev–Trinajstić information content (AvgIpc) is 3.44. The van der Waals surface area contributed by atoms with E-state index in [0.29, 0.717) is 10.6 Å². The highest BCUT2D eigenvalue weighted by Crippen LogP contribution is 2.37. The number of aromatic nitrogens is 3. The van der Waals surface area contributed by atoms with Crippen molar-refractivity contribution in [1.82, 2.24) is 15.0 Å². The molecule has 1 aromatic heterocycles. The summed E-state index contributed by atoms with van der Waals surface area (Å²) in [7, 11) is 0. The van der Waals surface area contributed by atoms with E-state index in [0.717, 1.165) is 16.6 Å². The quantitative estimate of drug-likeness (QED) is 0.410. The number of benzene rings is 3.